The van der Waals surface area contributed by atoms with E-state index in [2.05, 4.69) is 160 Å². The molecule has 0 spiro atoms. The van der Waals surface area contributed by atoms with E-state index in [9.17, 15) is 0 Å². The molecule has 6 aromatic carbocycles. The lowest BCUT2D eigenvalue weighted by Gasteiger charge is -2.28. The zero-order chi connectivity index (χ0) is 24.8. The van der Waals surface area contributed by atoms with E-state index in [4.69, 9.17) is 0 Å². The van der Waals surface area contributed by atoms with Crippen LogP contribution in [0.3, 0.4) is 0 Å². The third-order valence-corrected chi connectivity index (χ3v) is 7.87. The molecule has 176 valence electrons. The van der Waals surface area contributed by atoms with Crippen LogP contribution in [0.5, 0.6) is 0 Å². The summed E-state index contributed by atoms with van der Waals surface area (Å²) in [6, 6.07) is 50.4. The third-order valence-electron chi connectivity index (χ3n) is 7.37. The molecule has 1 aliphatic carbocycles. The number of nitrogens with zero attached hydrogens (tertiary/aromatic N) is 1. The van der Waals surface area contributed by atoms with Crippen molar-refractivity contribution in [1.29, 1.82) is 0 Å². The Kier molecular flexibility index (Phi) is 5.41. The molecule has 0 saturated carbocycles. The zero-order valence-electron chi connectivity index (χ0n) is 20.2. The highest BCUT2D eigenvalue weighted by molar-refractivity contribution is 9.10. The van der Waals surface area contributed by atoms with E-state index in [0.29, 0.717) is 0 Å². The molecule has 0 fully saturated rings. The highest BCUT2D eigenvalue weighted by Crippen LogP contribution is 2.51. The summed E-state index contributed by atoms with van der Waals surface area (Å²) in [5.74, 6) is 0.189. The molecule has 0 radical (unpaired) electrons. The second kappa shape index (κ2) is 9.06. The molecule has 0 aromatic heterocycles. The minimum Gasteiger partial charge on any atom is -0.310 e. The van der Waals surface area contributed by atoms with Crippen LogP contribution in [-0.2, 0) is 0 Å². The largest absolute Gasteiger partial charge is 0.310 e. The van der Waals surface area contributed by atoms with Gasteiger partial charge in [-0.2, -0.15) is 0 Å². The molecule has 0 amide bonds. The molecule has 0 heterocycles. The Labute approximate surface area is 225 Å². The van der Waals surface area contributed by atoms with Crippen LogP contribution in [0.25, 0.3) is 21.9 Å². The van der Waals surface area contributed by atoms with Gasteiger partial charge in [0.25, 0.3) is 0 Å². The molecule has 0 aliphatic heterocycles. The van der Waals surface area contributed by atoms with Gasteiger partial charge in [-0.05, 0) is 75.7 Å². The van der Waals surface area contributed by atoms with Crippen molar-refractivity contribution in [3.63, 3.8) is 0 Å². The Morgan fingerprint density at radius 3 is 1.97 bits per heavy atom. The molecule has 1 unspecified atom stereocenters. The van der Waals surface area contributed by atoms with E-state index in [1.165, 1.54) is 44.3 Å². The maximum Gasteiger partial charge on any atom is 0.0540 e. The number of halogens is 1. The number of para-hydroxylation sites is 1. The van der Waals surface area contributed by atoms with Gasteiger partial charge in [-0.1, -0.05) is 113 Å². The van der Waals surface area contributed by atoms with Gasteiger partial charge >= 0.3 is 0 Å². The summed E-state index contributed by atoms with van der Waals surface area (Å²) in [5, 5.41) is 2.47. The standard InChI is InChI=1S/C35H24BrN/c36-26-18-20-30-31-21-19-28(23-33(31)35(32(30)22-26)25-11-3-1-4-12-25)37(27-14-5-2-6-15-27)34-17-9-13-24-10-7-8-16-29(24)34/h1-23,35H. The van der Waals surface area contributed by atoms with Gasteiger partial charge < -0.3 is 4.90 Å². The van der Waals surface area contributed by atoms with Crippen molar-refractivity contribution in [2.24, 2.45) is 0 Å². The molecule has 0 saturated heterocycles. The normalized spacial score (nSPS) is 13.8. The topological polar surface area (TPSA) is 3.24 Å². The maximum absolute atomic E-state index is 3.72. The number of fused-ring (bicyclic) bond motifs is 4. The fourth-order valence-corrected chi connectivity index (χ4v) is 6.15. The second-order valence-electron chi connectivity index (χ2n) is 9.52. The van der Waals surface area contributed by atoms with Crippen LogP contribution >= 0.6 is 15.9 Å². The Balaban J connectivity index is 1.47. The maximum atomic E-state index is 3.72. The lowest BCUT2D eigenvalue weighted by Crippen LogP contribution is -2.11. The Morgan fingerprint density at radius 2 is 1.16 bits per heavy atom. The van der Waals surface area contributed by atoms with E-state index < -0.39 is 0 Å². The van der Waals surface area contributed by atoms with Crippen molar-refractivity contribution in [2.75, 3.05) is 4.90 Å². The first-order chi connectivity index (χ1) is 18.3. The monoisotopic (exact) mass is 537 g/mol. The van der Waals surface area contributed by atoms with Crippen LogP contribution in [0, 0.1) is 0 Å². The second-order valence-corrected chi connectivity index (χ2v) is 10.4. The number of benzene rings is 6. The summed E-state index contributed by atoms with van der Waals surface area (Å²) < 4.78 is 1.11. The highest BCUT2D eigenvalue weighted by Gasteiger charge is 2.31. The van der Waals surface area contributed by atoms with Crippen molar-refractivity contribution in [2.45, 2.75) is 5.92 Å². The summed E-state index contributed by atoms with van der Waals surface area (Å²) in [6.45, 7) is 0. The molecule has 7 rings (SSSR count). The van der Waals surface area contributed by atoms with E-state index in [0.717, 1.165) is 15.8 Å². The van der Waals surface area contributed by atoms with Gasteiger partial charge in [0.15, 0.2) is 0 Å². The lowest BCUT2D eigenvalue weighted by molar-refractivity contribution is 1.01. The fourth-order valence-electron chi connectivity index (χ4n) is 5.77. The van der Waals surface area contributed by atoms with E-state index >= 15 is 0 Å². The van der Waals surface area contributed by atoms with E-state index in [1.807, 2.05) is 0 Å². The summed E-state index contributed by atoms with van der Waals surface area (Å²) in [6.07, 6.45) is 0. The first-order valence-electron chi connectivity index (χ1n) is 12.6. The molecular formula is C35H24BrN. The Morgan fingerprint density at radius 1 is 0.514 bits per heavy atom. The molecule has 0 N–H and O–H groups in total. The van der Waals surface area contributed by atoms with Gasteiger partial charge in [0.2, 0.25) is 0 Å². The van der Waals surface area contributed by atoms with Crippen LogP contribution in [0.2, 0.25) is 0 Å². The lowest BCUT2D eigenvalue weighted by atomic mass is 9.89. The predicted molar refractivity (Wildman–Crippen MR) is 159 cm³/mol. The third kappa shape index (κ3) is 3.77. The van der Waals surface area contributed by atoms with Gasteiger partial charge in [0, 0.05) is 27.2 Å². The number of rotatable bonds is 4. The van der Waals surface area contributed by atoms with Crippen molar-refractivity contribution < 1.29 is 0 Å². The SMILES string of the molecule is Brc1ccc2c(c1)C(c1ccccc1)c1cc(N(c3ccccc3)c3cccc4ccccc34)ccc1-2. The van der Waals surface area contributed by atoms with Crippen LogP contribution in [0.15, 0.2) is 144 Å². The van der Waals surface area contributed by atoms with Crippen molar-refractivity contribution in [3.05, 3.63) is 161 Å². The van der Waals surface area contributed by atoms with Gasteiger partial charge in [0.1, 0.15) is 0 Å². The zero-order valence-corrected chi connectivity index (χ0v) is 21.8. The quantitative estimate of drug-likeness (QED) is 0.216. The van der Waals surface area contributed by atoms with E-state index in [-0.39, 0.29) is 5.92 Å². The Bertz CT molecular complexity index is 1740. The average Bonchev–Trinajstić information content (AvgIpc) is 3.27. The molecule has 2 heteroatoms. The molecule has 1 aliphatic rings. The van der Waals surface area contributed by atoms with Gasteiger partial charge in [-0.25, -0.2) is 0 Å². The molecule has 37 heavy (non-hydrogen) atoms. The van der Waals surface area contributed by atoms with Crippen LogP contribution in [-0.4, -0.2) is 0 Å². The molecular weight excluding hydrogens is 514 g/mol. The van der Waals surface area contributed by atoms with Crippen LogP contribution in [0.4, 0.5) is 17.1 Å². The minimum atomic E-state index is 0.189. The summed E-state index contributed by atoms with van der Waals surface area (Å²) >= 11 is 3.72. The predicted octanol–water partition coefficient (Wildman–Crippen LogP) is 10.2. The molecule has 0 bridgehead atoms. The smallest absolute Gasteiger partial charge is 0.0540 e. The van der Waals surface area contributed by atoms with Gasteiger partial charge in [-0.3, -0.25) is 0 Å². The van der Waals surface area contributed by atoms with Gasteiger partial charge in [-0.15, -0.1) is 0 Å². The van der Waals surface area contributed by atoms with Crippen LogP contribution in [0.1, 0.15) is 22.6 Å². The summed E-state index contributed by atoms with van der Waals surface area (Å²) in [4.78, 5) is 2.39. The van der Waals surface area contributed by atoms with Crippen molar-refractivity contribution in [3.8, 4) is 11.1 Å². The number of anilines is 3. The average molecular weight is 538 g/mol. The minimum absolute atomic E-state index is 0.189. The van der Waals surface area contributed by atoms with E-state index in [1.54, 1.807) is 0 Å². The van der Waals surface area contributed by atoms with Crippen molar-refractivity contribution >= 4 is 43.8 Å². The first kappa shape index (κ1) is 22.1. The fraction of sp³-hybridized carbons (Fsp3) is 0.0286. The van der Waals surface area contributed by atoms with Crippen molar-refractivity contribution in [1.82, 2.24) is 0 Å². The first-order valence-corrected chi connectivity index (χ1v) is 13.4. The number of hydrogen-bond donors (Lipinski definition) is 0. The molecule has 1 nitrogen and oxygen atoms in total. The molecule has 1 atom stereocenters. The Hall–Kier alpha value is -4.14. The van der Waals surface area contributed by atoms with Crippen LogP contribution < -0.4 is 4.90 Å². The van der Waals surface area contributed by atoms with Gasteiger partial charge in [0.05, 0.1) is 5.69 Å². The summed E-state index contributed by atoms with van der Waals surface area (Å²) in [5.41, 5.74) is 10.1. The molecule has 6 aromatic rings. The summed E-state index contributed by atoms with van der Waals surface area (Å²) in [7, 11) is 0. The number of hydrogen-bond acceptors (Lipinski definition) is 1. The highest BCUT2D eigenvalue weighted by atomic mass is 79.9.